The molecule has 0 fully saturated rings. The fourth-order valence-corrected chi connectivity index (χ4v) is 3.70. The number of amides is 1. The van der Waals surface area contributed by atoms with Crippen LogP contribution in [0, 0.1) is 10.1 Å². The molecule has 0 radical (unpaired) electrons. The lowest BCUT2D eigenvalue weighted by atomic mass is 9.97. The molecule has 4 rings (SSSR count). The molecule has 1 atom stereocenters. The highest BCUT2D eigenvalue weighted by atomic mass is 16.6. The van der Waals surface area contributed by atoms with Gasteiger partial charge < -0.3 is 14.6 Å². The van der Waals surface area contributed by atoms with Gasteiger partial charge in [0, 0.05) is 24.6 Å². The number of nitro groups is 1. The summed E-state index contributed by atoms with van der Waals surface area (Å²) in [7, 11) is 0. The number of hydrogen-bond acceptors (Lipinski definition) is 6. The molecular formula is C24H20N2O7. The molecule has 0 saturated carbocycles. The topological polar surface area (TPSA) is 119 Å². The van der Waals surface area contributed by atoms with E-state index in [4.69, 9.17) is 9.47 Å². The summed E-state index contributed by atoms with van der Waals surface area (Å²) in [5.41, 5.74) is 0.266. The van der Waals surface area contributed by atoms with Gasteiger partial charge in [-0.2, -0.15) is 0 Å². The summed E-state index contributed by atoms with van der Waals surface area (Å²) in [6.07, 6.45) is -0.820. The number of hydrogen-bond donors (Lipinski definition) is 1. The summed E-state index contributed by atoms with van der Waals surface area (Å²) in [6, 6.07) is 19.6. The van der Waals surface area contributed by atoms with Gasteiger partial charge in [-0.25, -0.2) is 9.59 Å². The van der Waals surface area contributed by atoms with Gasteiger partial charge in [0.05, 0.1) is 10.6 Å². The van der Waals surface area contributed by atoms with E-state index in [2.05, 4.69) is 0 Å². The van der Waals surface area contributed by atoms with Gasteiger partial charge in [-0.3, -0.25) is 15.0 Å². The number of aliphatic carboxylic acids is 1. The molecular weight excluding hydrogens is 428 g/mol. The number of carbonyl (C=O) groups is 2. The Labute approximate surface area is 188 Å². The van der Waals surface area contributed by atoms with E-state index in [9.17, 15) is 24.8 Å². The summed E-state index contributed by atoms with van der Waals surface area (Å²) in [5, 5.41) is 20.7. The quantitative estimate of drug-likeness (QED) is 0.433. The van der Waals surface area contributed by atoms with Gasteiger partial charge in [0.1, 0.15) is 23.6 Å². The minimum atomic E-state index is -1.57. The molecule has 0 aromatic heterocycles. The summed E-state index contributed by atoms with van der Waals surface area (Å²) >= 11 is 0. The number of anilines is 1. The Morgan fingerprint density at radius 1 is 1.06 bits per heavy atom. The Kier molecular flexibility index (Phi) is 5.70. The zero-order valence-electron chi connectivity index (χ0n) is 17.6. The molecule has 9 nitrogen and oxygen atoms in total. The van der Waals surface area contributed by atoms with Gasteiger partial charge in [0.15, 0.2) is 0 Å². The van der Waals surface area contributed by atoms with Crippen LogP contribution in [0.25, 0.3) is 0 Å². The van der Waals surface area contributed by atoms with Crippen LogP contribution in [0.2, 0.25) is 0 Å². The van der Waals surface area contributed by atoms with Crippen molar-refractivity contribution >= 4 is 23.4 Å². The smallest absolute Gasteiger partial charge is 0.420 e. The van der Waals surface area contributed by atoms with E-state index in [1.807, 2.05) is 30.3 Å². The van der Waals surface area contributed by atoms with Crippen LogP contribution in [0.15, 0.2) is 72.8 Å². The number of nitro benzene ring substituents is 1. The van der Waals surface area contributed by atoms with Crippen molar-refractivity contribution < 1.29 is 29.1 Å². The van der Waals surface area contributed by atoms with Crippen LogP contribution >= 0.6 is 0 Å². The number of benzene rings is 3. The first-order valence-corrected chi connectivity index (χ1v) is 10.1. The van der Waals surface area contributed by atoms with Crippen LogP contribution < -0.4 is 14.4 Å². The number of nitrogens with zero attached hydrogens (tertiary/aromatic N) is 2. The van der Waals surface area contributed by atoms with Gasteiger partial charge in [-0.15, -0.1) is 0 Å². The van der Waals surface area contributed by atoms with Crippen LogP contribution in [0.3, 0.4) is 0 Å². The maximum absolute atomic E-state index is 13.1. The second-order valence-electron chi connectivity index (χ2n) is 7.77. The first kappa shape index (κ1) is 21.8. The van der Waals surface area contributed by atoms with E-state index in [1.54, 1.807) is 18.2 Å². The lowest BCUT2D eigenvalue weighted by Gasteiger charge is -2.30. The Balaban J connectivity index is 1.60. The molecule has 0 spiro atoms. The largest absolute Gasteiger partial charge is 0.489 e. The van der Waals surface area contributed by atoms with Crippen LogP contribution in [-0.4, -0.2) is 27.6 Å². The van der Waals surface area contributed by atoms with Crippen molar-refractivity contribution in [1.29, 1.82) is 0 Å². The third kappa shape index (κ3) is 4.33. The molecule has 1 amide bonds. The number of ether oxygens (including phenoxy) is 2. The normalized spacial score (nSPS) is 16.7. The van der Waals surface area contributed by atoms with Crippen molar-refractivity contribution in [3.63, 3.8) is 0 Å². The number of carboxylic acid groups (broad SMARTS) is 1. The highest BCUT2D eigenvalue weighted by Gasteiger charge is 2.50. The molecule has 1 aliphatic rings. The molecule has 3 aromatic rings. The summed E-state index contributed by atoms with van der Waals surface area (Å²) in [6.45, 7) is 1.75. The molecule has 3 aromatic carbocycles. The second-order valence-corrected chi connectivity index (χ2v) is 7.77. The standard InChI is InChI=1S/C24H20N2O7/c1-24(22(27)28)14-17-7-10-20(32-15-16-5-3-2-4-6-16)13-21(17)25(24)23(29)33-19-11-8-18(9-12-19)26(30)31/h2-13H,14-15H2,1H3,(H,27,28). The van der Waals surface area contributed by atoms with Gasteiger partial charge in [0.2, 0.25) is 0 Å². The van der Waals surface area contributed by atoms with Crippen LogP contribution in [0.1, 0.15) is 18.1 Å². The third-order valence-corrected chi connectivity index (χ3v) is 5.47. The number of fused-ring (bicyclic) bond motifs is 1. The Morgan fingerprint density at radius 2 is 1.73 bits per heavy atom. The molecule has 0 aliphatic carbocycles. The minimum Gasteiger partial charge on any atom is -0.489 e. The van der Waals surface area contributed by atoms with Crippen molar-refractivity contribution in [3.8, 4) is 11.5 Å². The van der Waals surface area contributed by atoms with Crippen molar-refractivity contribution in [1.82, 2.24) is 0 Å². The fourth-order valence-electron chi connectivity index (χ4n) is 3.70. The van der Waals surface area contributed by atoms with Crippen LogP contribution in [0.4, 0.5) is 16.2 Å². The van der Waals surface area contributed by atoms with Crippen molar-refractivity contribution in [2.45, 2.75) is 25.5 Å². The van der Waals surface area contributed by atoms with Gasteiger partial charge in [-0.1, -0.05) is 36.4 Å². The Bertz CT molecular complexity index is 1210. The van der Waals surface area contributed by atoms with E-state index < -0.39 is 22.5 Å². The third-order valence-electron chi connectivity index (χ3n) is 5.47. The lowest BCUT2D eigenvalue weighted by Crippen LogP contribution is -2.54. The first-order chi connectivity index (χ1) is 15.8. The number of carbonyl (C=O) groups excluding carboxylic acids is 1. The maximum Gasteiger partial charge on any atom is 0.420 e. The zero-order valence-corrected chi connectivity index (χ0v) is 17.6. The molecule has 1 heterocycles. The minimum absolute atomic E-state index is 0.0586. The lowest BCUT2D eigenvalue weighted by molar-refractivity contribution is -0.384. The van der Waals surface area contributed by atoms with Crippen molar-refractivity contribution in [2.75, 3.05) is 4.90 Å². The van der Waals surface area contributed by atoms with E-state index >= 15 is 0 Å². The SMILES string of the molecule is CC1(C(=O)O)Cc2ccc(OCc3ccccc3)cc2N1C(=O)Oc1ccc([N+](=O)[O-])cc1. The maximum atomic E-state index is 13.1. The summed E-state index contributed by atoms with van der Waals surface area (Å²) < 4.78 is 11.2. The predicted octanol–water partition coefficient (Wildman–Crippen LogP) is 4.58. The average Bonchev–Trinajstić information content (AvgIpc) is 3.11. The number of rotatable bonds is 6. The molecule has 168 valence electrons. The van der Waals surface area contributed by atoms with Crippen LogP contribution in [0.5, 0.6) is 11.5 Å². The zero-order chi connectivity index (χ0) is 23.6. The van der Waals surface area contributed by atoms with Gasteiger partial charge >= 0.3 is 12.1 Å². The molecule has 0 bridgehead atoms. The number of non-ortho nitro benzene ring substituents is 1. The predicted molar refractivity (Wildman–Crippen MR) is 119 cm³/mol. The van der Waals surface area contributed by atoms with E-state index in [0.717, 1.165) is 10.5 Å². The van der Waals surface area contributed by atoms with Gasteiger partial charge in [0.25, 0.3) is 5.69 Å². The van der Waals surface area contributed by atoms with Gasteiger partial charge in [-0.05, 0) is 36.2 Å². The molecule has 33 heavy (non-hydrogen) atoms. The van der Waals surface area contributed by atoms with Crippen molar-refractivity contribution in [3.05, 3.63) is 94.0 Å². The molecule has 0 saturated heterocycles. The average molecular weight is 448 g/mol. The first-order valence-electron chi connectivity index (χ1n) is 10.1. The highest BCUT2D eigenvalue weighted by Crippen LogP contribution is 2.41. The molecule has 9 heteroatoms. The second kappa shape index (κ2) is 8.62. The monoisotopic (exact) mass is 448 g/mol. The Hall–Kier alpha value is -4.40. The highest BCUT2D eigenvalue weighted by molar-refractivity contribution is 6.02. The number of carboxylic acids is 1. The Morgan fingerprint density at radius 3 is 2.36 bits per heavy atom. The van der Waals surface area contributed by atoms with E-state index in [1.165, 1.54) is 31.2 Å². The summed E-state index contributed by atoms with van der Waals surface area (Å²) in [4.78, 5) is 36.5. The van der Waals surface area contributed by atoms with E-state index in [-0.39, 0.29) is 17.9 Å². The van der Waals surface area contributed by atoms with Crippen LogP contribution in [-0.2, 0) is 17.8 Å². The fraction of sp³-hybridized carbons (Fsp3) is 0.167. The van der Waals surface area contributed by atoms with E-state index in [0.29, 0.717) is 23.6 Å². The van der Waals surface area contributed by atoms with Crippen molar-refractivity contribution in [2.24, 2.45) is 0 Å². The molecule has 1 aliphatic heterocycles. The molecule has 1 unspecified atom stereocenters. The summed E-state index contributed by atoms with van der Waals surface area (Å²) in [5.74, 6) is -0.658. The molecule has 1 N–H and O–H groups in total.